The van der Waals surface area contributed by atoms with Gasteiger partial charge in [-0.15, -0.1) is 0 Å². The van der Waals surface area contributed by atoms with Crippen LogP contribution < -0.4 is 19.3 Å². The number of anilines is 2. The number of carbonyl (C=O) groups is 6. The lowest BCUT2D eigenvalue weighted by Crippen LogP contribution is -2.29. The topological polar surface area (TPSA) is 202 Å². The Morgan fingerprint density at radius 3 is 1.04 bits per heavy atom. The molecule has 280 valence electrons. The summed E-state index contributed by atoms with van der Waals surface area (Å²) in [6.45, 7) is 0. The number of ether oxygens (including phenoxy) is 2. The summed E-state index contributed by atoms with van der Waals surface area (Å²) in [5.74, 6) is -3.62. The fraction of sp³-hybridized carbons (Fsp3) is 0. The van der Waals surface area contributed by atoms with Crippen LogP contribution in [0.2, 0.25) is 0 Å². The maximum atomic E-state index is 13.4. The Kier molecular flexibility index (Phi) is 8.70. The maximum Gasteiger partial charge on any atom is 0.335 e. The van der Waals surface area contributed by atoms with E-state index in [0.29, 0.717) is 23.0 Å². The zero-order valence-corrected chi connectivity index (χ0v) is 29.8. The number of nitrogens with zero attached hydrogens (tertiary/aromatic N) is 2. The molecule has 2 aliphatic heterocycles. The molecule has 2 N–H and O–H groups in total. The van der Waals surface area contributed by atoms with Gasteiger partial charge in [0.2, 0.25) is 9.84 Å². The van der Waals surface area contributed by atoms with Crippen LogP contribution in [-0.2, 0) is 9.84 Å². The second-order valence-electron chi connectivity index (χ2n) is 12.7. The first kappa shape index (κ1) is 36.1. The van der Waals surface area contributed by atoms with E-state index >= 15 is 0 Å². The standard InChI is InChI=1S/C42H24N2O12S/c45-37-33-19-1-23(41(49)50)21-35(33)39(47)43(37)25-3-7-27(8-4-25)55-29-11-15-31(16-12-29)57(53,54)32-17-13-30(14-18-32)56-28-9-5-26(6-10-28)44-38(46)34-20-2-24(42(51)52)22-36(34)40(44)48/h1-22H,(H,49,50)(H,51,52). The molecular formula is C42H24N2O12S. The van der Waals surface area contributed by atoms with E-state index in [4.69, 9.17) is 9.47 Å². The monoisotopic (exact) mass is 780 g/mol. The Bertz CT molecular complexity index is 2630. The SMILES string of the molecule is O=C(O)c1ccc2c(c1)C(=O)N(c1ccc(Oc3ccc(S(=O)(=O)c4ccc(Oc5ccc(N6C(=O)c7ccc(C(=O)O)cc7C6=O)cc5)cc4)cc3)cc1)C2=O. The van der Waals surface area contributed by atoms with Gasteiger partial charge in [0.25, 0.3) is 23.6 Å². The van der Waals surface area contributed by atoms with Crippen molar-refractivity contribution in [2.75, 3.05) is 9.80 Å². The summed E-state index contributed by atoms with van der Waals surface area (Å²) in [4.78, 5) is 76.3. The van der Waals surface area contributed by atoms with Crippen LogP contribution in [0.1, 0.15) is 62.1 Å². The van der Waals surface area contributed by atoms with Crippen LogP contribution in [-0.4, -0.2) is 54.2 Å². The highest BCUT2D eigenvalue weighted by Crippen LogP contribution is 2.34. The number of aromatic carboxylic acids is 2. The summed E-state index contributed by atoms with van der Waals surface area (Å²) in [5, 5.41) is 18.5. The predicted molar refractivity (Wildman–Crippen MR) is 200 cm³/mol. The van der Waals surface area contributed by atoms with Crippen molar-refractivity contribution in [1.29, 1.82) is 0 Å². The van der Waals surface area contributed by atoms with Gasteiger partial charge < -0.3 is 19.7 Å². The minimum absolute atomic E-state index is 0.00141. The van der Waals surface area contributed by atoms with Gasteiger partial charge in [0, 0.05) is 0 Å². The number of carboxylic acids is 2. The Morgan fingerprint density at radius 1 is 0.421 bits per heavy atom. The summed E-state index contributed by atoms with van der Waals surface area (Å²) in [6, 6.07) is 31.0. The maximum absolute atomic E-state index is 13.4. The third-order valence-electron chi connectivity index (χ3n) is 9.20. The van der Waals surface area contributed by atoms with Crippen molar-refractivity contribution in [2.45, 2.75) is 9.79 Å². The van der Waals surface area contributed by atoms with Crippen LogP contribution in [0.25, 0.3) is 0 Å². The normalized spacial score (nSPS) is 13.4. The van der Waals surface area contributed by atoms with E-state index in [-0.39, 0.29) is 54.5 Å². The number of sulfone groups is 1. The van der Waals surface area contributed by atoms with E-state index in [1.54, 1.807) is 0 Å². The van der Waals surface area contributed by atoms with Gasteiger partial charge in [-0.1, -0.05) is 0 Å². The highest BCUT2D eigenvalue weighted by Gasteiger charge is 2.38. The number of fused-ring (bicyclic) bond motifs is 2. The Hall–Kier alpha value is -7.91. The molecule has 2 aliphatic rings. The van der Waals surface area contributed by atoms with Crippen LogP contribution in [0.4, 0.5) is 11.4 Å². The smallest absolute Gasteiger partial charge is 0.335 e. The number of imide groups is 2. The van der Waals surface area contributed by atoms with Gasteiger partial charge >= 0.3 is 11.9 Å². The minimum Gasteiger partial charge on any atom is -0.478 e. The highest BCUT2D eigenvalue weighted by atomic mass is 32.2. The average molecular weight is 781 g/mol. The van der Waals surface area contributed by atoms with Gasteiger partial charge in [-0.2, -0.15) is 0 Å². The number of hydrogen-bond donors (Lipinski definition) is 2. The van der Waals surface area contributed by atoms with Crippen molar-refractivity contribution in [3.63, 3.8) is 0 Å². The summed E-state index contributed by atoms with van der Waals surface area (Å²) in [6.07, 6.45) is 0. The number of carbonyl (C=O) groups excluding carboxylic acids is 4. The number of hydrogen-bond acceptors (Lipinski definition) is 10. The quantitative estimate of drug-likeness (QED) is 0.134. The molecule has 6 aromatic rings. The fourth-order valence-corrected chi connectivity index (χ4v) is 7.59. The van der Waals surface area contributed by atoms with Crippen molar-refractivity contribution >= 4 is 56.8 Å². The number of rotatable bonds is 10. The molecule has 14 nitrogen and oxygen atoms in total. The molecule has 15 heteroatoms. The molecular weight excluding hydrogens is 757 g/mol. The first-order chi connectivity index (χ1) is 27.3. The van der Waals surface area contributed by atoms with E-state index in [9.17, 15) is 47.4 Å². The van der Waals surface area contributed by atoms with Gasteiger partial charge in [-0.3, -0.25) is 19.2 Å². The molecule has 0 radical (unpaired) electrons. The van der Waals surface area contributed by atoms with Gasteiger partial charge in [-0.25, -0.2) is 27.8 Å². The molecule has 6 aromatic carbocycles. The fourth-order valence-electron chi connectivity index (χ4n) is 6.33. The van der Waals surface area contributed by atoms with Gasteiger partial charge in [-0.05, 0) is 133 Å². The third-order valence-corrected chi connectivity index (χ3v) is 11.0. The minimum atomic E-state index is -3.94. The van der Waals surface area contributed by atoms with Crippen LogP contribution in [0.3, 0.4) is 0 Å². The highest BCUT2D eigenvalue weighted by molar-refractivity contribution is 7.91. The zero-order chi connectivity index (χ0) is 40.2. The molecule has 0 unspecified atom stereocenters. The molecule has 2 heterocycles. The van der Waals surface area contributed by atoms with E-state index < -0.39 is 45.4 Å². The largest absolute Gasteiger partial charge is 0.478 e. The molecule has 8 rings (SSSR count). The molecule has 57 heavy (non-hydrogen) atoms. The second kappa shape index (κ2) is 13.7. The predicted octanol–water partition coefficient (Wildman–Crippen LogP) is 7.10. The van der Waals surface area contributed by atoms with Crippen molar-refractivity contribution in [3.8, 4) is 23.0 Å². The van der Waals surface area contributed by atoms with Crippen molar-refractivity contribution in [1.82, 2.24) is 0 Å². The first-order valence-corrected chi connectivity index (χ1v) is 18.3. The first-order valence-electron chi connectivity index (χ1n) is 16.8. The summed E-state index contributed by atoms with van der Waals surface area (Å²) >= 11 is 0. The number of carboxylic acid groups (broad SMARTS) is 2. The van der Waals surface area contributed by atoms with E-state index in [1.807, 2.05) is 0 Å². The lowest BCUT2D eigenvalue weighted by Gasteiger charge is -2.15. The molecule has 4 amide bonds. The summed E-state index contributed by atoms with van der Waals surface area (Å²) in [5.41, 5.74) is 0.458. The lowest BCUT2D eigenvalue weighted by molar-refractivity contribution is 0.0686. The van der Waals surface area contributed by atoms with E-state index in [0.717, 1.165) is 9.80 Å². The molecule has 0 bridgehead atoms. The molecule has 0 saturated heterocycles. The molecule has 0 aliphatic carbocycles. The molecule has 0 saturated carbocycles. The van der Waals surface area contributed by atoms with Crippen molar-refractivity contribution in [3.05, 3.63) is 167 Å². The summed E-state index contributed by atoms with van der Waals surface area (Å²) < 4.78 is 38.5. The lowest BCUT2D eigenvalue weighted by atomic mass is 10.1. The van der Waals surface area contributed by atoms with Gasteiger partial charge in [0.05, 0.1) is 54.5 Å². The third kappa shape index (κ3) is 6.43. The number of amides is 4. The summed E-state index contributed by atoms with van der Waals surface area (Å²) in [7, 11) is -3.94. The Morgan fingerprint density at radius 2 is 0.719 bits per heavy atom. The van der Waals surface area contributed by atoms with Crippen LogP contribution >= 0.6 is 0 Å². The average Bonchev–Trinajstić information content (AvgIpc) is 3.61. The van der Waals surface area contributed by atoms with Crippen LogP contribution in [0.5, 0.6) is 23.0 Å². The Balaban J connectivity index is 0.894. The second-order valence-corrected chi connectivity index (χ2v) is 14.6. The van der Waals surface area contributed by atoms with Crippen molar-refractivity contribution in [2.24, 2.45) is 0 Å². The van der Waals surface area contributed by atoms with E-state index in [2.05, 4.69) is 0 Å². The van der Waals surface area contributed by atoms with Crippen molar-refractivity contribution < 1.29 is 56.9 Å². The van der Waals surface area contributed by atoms with Crippen LogP contribution in [0.15, 0.2) is 143 Å². The molecule has 0 atom stereocenters. The van der Waals surface area contributed by atoms with Gasteiger partial charge in [0.15, 0.2) is 0 Å². The van der Waals surface area contributed by atoms with Crippen LogP contribution in [0, 0.1) is 0 Å². The number of benzene rings is 6. The zero-order valence-electron chi connectivity index (χ0n) is 29.0. The molecule has 0 fully saturated rings. The van der Waals surface area contributed by atoms with E-state index in [1.165, 1.54) is 133 Å². The Labute approximate surface area is 322 Å². The molecule has 0 spiro atoms. The molecule has 0 aromatic heterocycles. The van der Waals surface area contributed by atoms with Gasteiger partial charge in [0.1, 0.15) is 23.0 Å².